The zero-order chi connectivity index (χ0) is 22.7. The van der Waals surface area contributed by atoms with Gasteiger partial charge in [0.15, 0.2) is 0 Å². The fraction of sp³-hybridized carbons (Fsp3) is 0.269. The lowest BCUT2D eigenvalue weighted by Crippen LogP contribution is -2.31. The molecule has 0 aromatic heterocycles. The van der Waals surface area contributed by atoms with Gasteiger partial charge in [0.2, 0.25) is 0 Å². The molecule has 6 heteroatoms. The summed E-state index contributed by atoms with van der Waals surface area (Å²) in [6.07, 6.45) is -2.32. The number of carbonyl (C=O) groups excluding carboxylic acids is 1. The van der Waals surface area contributed by atoms with E-state index in [4.69, 9.17) is 0 Å². The van der Waals surface area contributed by atoms with Crippen molar-refractivity contribution in [2.24, 2.45) is 0 Å². The van der Waals surface area contributed by atoms with Gasteiger partial charge >= 0.3 is 6.18 Å². The Labute approximate surface area is 185 Å². The number of halogens is 3. The minimum absolute atomic E-state index is 0.288. The maximum Gasteiger partial charge on any atom is 0.416 e. The number of hydrogen-bond donors (Lipinski definition) is 1. The first kappa shape index (κ1) is 22.1. The first-order chi connectivity index (χ1) is 15.3. The summed E-state index contributed by atoms with van der Waals surface area (Å²) in [5.41, 5.74) is 4.10. The topological polar surface area (TPSA) is 32.3 Å². The average Bonchev–Trinajstić information content (AvgIpc) is 2.79. The molecule has 0 bridgehead atoms. The molecule has 0 aliphatic carbocycles. The zero-order valence-corrected chi connectivity index (χ0v) is 17.9. The number of carbonyl (C=O) groups is 1. The molecule has 0 spiro atoms. The molecule has 0 saturated heterocycles. The molecule has 0 radical (unpaired) electrons. The summed E-state index contributed by atoms with van der Waals surface area (Å²) < 4.78 is 38.7. The average molecular weight is 438 g/mol. The fourth-order valence-corrected chi connectivity index (χ4v) is 4.17. The molecular weight excluding hydrogens is 413 g/mol. The Morgan fingerprint density at radius 3 is 2.47 bits per heavy atom. The molecular formula is C26H25F3N2O. The van der Waals surface area contributed by atoms with Crippen molar-refractivity contribution in [1.82, 2.24) is 4.90 Å². The van der Waals surface area contributed by atoms with Crippen LogP contribution in [0, 0.1) is 0 Å². The third-order valence-corrected chi connectivity index (χ3v) is 5.79. The summed E-state index contributed by atoms with van der Waals surface area (Å²) in [6, 6.07) is 17.8. The van der Waals surface area contributed by atoms with Crippen molar-refractivity contribution in [3.63, 3.8) is 0 Å². The monoisotopic (exact) mass is 438 g/mol. The van der Waals surface area contributed by atoms with Crippen LogP contribution in [0.25, 0.3) is 11.1 Å². The molecule has 3 nitrogen and oxygen atoms in total. The van der Waals surface area contributed by atoms with Crippen LogP contribution in [0.5, 0.6) is 0 Å². The van der Waals surface area contributed by atoms with Gasteiger partial charge in [-0.2, -0.15) is 13.2 Å². The summed E-state index contributed by atoms with van der Waals surface area (Å²) in [5.74, 6) is -0.288. The maximum atomic E-state index is 13.0. The van der Waals surface area contributed by atoms with Gasteiger partial charge in [0.25, 0.3) is 5.91 Å². The van der Waals surface area contributed by atoms with Gasteiger partial charge < -0.3 is 5.32 Å². The van der Waals surface area contributed by atoms with Crippen molar-refractivity contribution >= 4 is 11.6 Å². The fourth-order valence-electron chi connectivity index (χ4n) is 4.17. The largest absolute Gasteiger partial charge is 0.416 e. The first-order valence-corrected chi connectivity index (χ1v) is 10.8. The molecule has 1 N–H and O–H groups in total. The number of hydrogen-bond acceptors (Lipinski definition) is 2. The number of anilines is 1. The van der Waals surface area contributed by atoms with Crippen LogP contribution in [0.15, 0.2) is 66.7 Å². The Balaban J connectivity index is 1.54. The molecule has 1 heterocycles. The van der Waals surface area contributed by atoms with E-state index in [1.165, 1.54) is 23.3 Å². The van der Waals surface area contributed by atoms with Crippen LogP contribution >= 0.6 is 0 Å². The number of rotatable bonds is 5. The predicted molar refractivity (Wildman–Crippen MR) is 121 cm³/mol. The van der Waals surface area contributed by atoms with Gasteiger partial charge in [-0.15, -0.1) is 0 Å². The van der Waals surface area contributed by atoms with Crippen LogP contribution in [-0.4, -0.2) is 23.9 Å². The molecule has 3 aromatic carbocycles. The molecule has 32 heavy (non-hydrogen) atoms. The van der Waals surface area contributed by atoms with Gasteiger partial charge in [-0.1, -0.05) is 43.3 Å². The van der Waals surface area contributed by atoms with Crippen LogP contribution in [-0.2, 0) is 19.1 Å². The number of nitrogens with one attached hydrogen (secondary N) is 1. The number of alkyl halides is 3. The van der Waals surface area contributed by atoms with Gasteiger partial charge in [0.05, 0.1) is 5.56 Å². The summed E-state index contributed by atoms with van der Waals surface area (Å²) in [7, 11) is 0. The SMILES string of the molecule is CCCN1CCc2cc(NC(=O)c3ccccc3-c3ccc(C(F)(F)F)cc3)ccc2C1. The molecule has 1 amide bonds. The van der Waals surface area contributed by atoms with Crippen LogP contribution in [0.4, 0.5) is 18.9 Å². The quantitative estimate of drug-likeness (QED) is 0.500. The van der Waals surface area contributed by atoms with E-state index < -0.39 is 11.7 Å². The molecule has 1 aliphatic heterocycles. The number of amides is 1. The lowest BCUT2D eigenvalue weighted by molar-refractivity contribution is -0.137. The lowest BCUT2D eigenvalue weighted by atomic mass is 9.97. The zero-order valence-electron chi connectivity index (χ0n) is 17.9. The second kappa shape index (κ2) is 9.17. The van der Waals surface area contributed by atoms with Crippen LogP contribution in [0.1, 0.15) is 40.4 Å². The molecule has 166 valence electrons. The molecule has 0 unspecified atom stereocenters. The Bertz CT molecular complexity index is 1110. The summed E-state index contributed by atoms with van der Waals surface area (Å²) >= 11 is 0. The van der Waals surface area contributed by atoms with E-state index in [9.17, 15) is 18.0 Å². The third-order valence-electron chi connectivity index (χ3n) is 5.79. The molecule has 1 aliphatic rings. The highest BCUT2D eigenvalue weighted by molar-refractivity contribution is 6.08. The van der Waals surface area contributed by atoms with Gasteiger partial charge in [-0.05, 0) is 72.0 Å². The third kappa shape index (κ3) is 4.86. The van der Waals surface area contributed by atoms with Crippen molar-refractivity contribution in [3.8, 4) is 11.1 Å². The molecule has 0 atom stereocenters. The van der Waals surface area contributed by atoms with E-state index in [0.717, 1.165) is 50.3 Å². The number of benzene rings is 3. The highest BCUT2D eigenvalue weighted by Crippen LogP contribution is 2.32. The second-order valence-electron chi connectivity index (χ2n) is 8.08. The molecule has 4 rings (SSSR count). The van der Waals surface area contributed by atoms with E-state index in [2.05, 4.69) is 23.2 Å². The minimum atomic E-state index is -4.39. The first-order valence-electron chi connectivity index (χ1n) is 10.8. The van der Waals surface area contributed by atoms with Gasteiger partial charge in [0, 0.05) is 24.3 Å². The van der Waals surface area contributed by atoms with Crippen molar-refractivity contribution in [2.45, 2.75) is 32.5 Å². The normalized spacial score (nSPS) is 14.1. The Kier molecular flexibility index (Phi) is 6.33. The van der Waals surface area contributed by atoms with E-state index in [0.29, 0.717) is 16.7 Å². The van der Waals surface area contributed by atoms with Crippen LogP contribution < -0.4 is 5.32 Å². The van der Waals surface area contributed by atoms with E-state index in [-0.39, 0.29) is 5.91 Å². The summed E-state index contributed by atoms with van der Waals surface area (Å²) in [6.45, 7) is 5.19. The number of fused-ring (bicyclic) bond motifs is 1. The van der Waals surface area contributed by atoms with Gasteiger partial charge in [0.1, 0.15) is 0 Å². The Hall–Kier alpha value is -3.12. The van der Waals surface area contributed by atoms with Gasteiger partial charge in [-0.3, -0.25) is 9.69 Å². The van der Waals surface area contributed by atoms with E-state index in [1.807, 2.05) is 12.1 Å². The maximum absolute atomic E-state index is 13.0. The predicted octanol–water partition coefficient (Wildman–Crippen LogP) is 6.39. The second-order valence-corrected chi connectivity index (χ2v) is 8.08. The summed E-state index contributed by atoms with van der Waals surface area (Å²) in [5, 5.41) is 2.96. The standard InChI is InChI=1S/C26H25F3N2O/c1-2-14-31-15-13-19-16-22(12-9-20(19)17-31)30-25(32)24-6-4-3-5-23(24)18-7-10-21(11-8-18)26(27,28)29/h3-12,16H,2,13-15,17H2,1H3,(H,30,32). The highest BCUT2D eigenvalue weighted by atomic mass is 19.4. The van der Waals surface area contributed by atoms with Crippen LogP contribution in [0.3, 0.4) is 0 Å². The van der Waals surface area contributed by atoms with E-state index >= 15 is 0 Å². The summed E-state index contributed by atoms with van der Waals surface area (Å²) in [4.78, 5) is 15.5. The van der Waals surface area contributed by atoms with Crippen molar-refractivity contribution in [1.29, 1.82) is 0 Å². The van der Waals surface area contributed by atoms with Gasteiger partial charge in [-0.25, -0.2) is 0 Å². The molecule has 3 aromatic rings. The molecule has 0 saturated carbocycles. The Morgan fingerprint density at radius 2 is 1.75 bits per heavy atom. The van der Waals surface area contributed by atoms with Crippen molar-refractivity contribution in [3.05, 3.63) is 89.0 Å². The van der Waals surface area contributed by atoms with Crippen molar-refractivity contribution < 1.29 is 18.0 Å². The molecule has 0 fully saturated rings. The minimum Gasteiger partial charge on any atom is -0.322 e. The van der Waals surface area contributed by atoms with Crippen molar-refractivity contribution in [2.75, 3.05) is 18.4 Å². The Morgan fingerprint density at radius 1 is 1.00 bits per heavy atom. The highest BCUT2D eigenvalue weighted by Gasteiger charge is 2.30. The lowest BCUT2D eigenvalue weighted by Gasteiger charge is -2.28. The number of nitrogens with zero attached hydrogens (tertiary/aromatic N) is 1. The van der Waals surface area contributed by atoms with Crippen LogP contribution in [0.2, 0.25) is 0 Å². The smallest absolute Gasteiger partial charge is 0.322 e. The van der Waals surface area contributed by atoms with E-state index in [1.54, 1.807) is 24.3 Å².